The summed E-state index contributed by atoms with van der Waals surface area (Å²) in [5.74, 6) is 0.900. The lowest BCUT2D eigenvalue weighted by Gasteiger charge is -2.18. The van der Waals surface area contributed by atoms with Crippen LogP contribution < -0.4 is 10.5 Å². The van der Waals surface area contributed by atoms with E-state index < -0.39 is 0 Å². The van der Waals surface area contributed by atoms with E-state index >= 15 is 0 Å². The zero-order valence-corrected chi connectivity index (χ0v) is 12.0. The topological polar surface area (TPSA) is 35.2 Å². The van der Waals surface area contributed by atoms with Gasteiger partial charge in [0.05, 0.1) is 13.2 Å². The van der Waals surface area contributed by atoms with Gasteiger partial charge in [-0.2, -0.15) is 0 Å². The van der Waals surface area contributed by atoms with E-state index in [4.69, 9.17) is 10.5 Å². The first kappa shape index (κ1) is 13.6. The standard InChI is InChI=1S/C17H21NO/c1-11-6-5-7-15(13(11)3)17(18)14-8-9-16(19-4)12(2)10-14/h5-10,17H,18H2,1-4H3. The Balaban J connectivity index is 2.41. The monoisotopic (exact) mass is 255 g/mol. The number of benzene rings is 2. The summed E-state index contributed by atoms with van der Waals surface area (Å²) < 4.78 is 5.29. The maximum Gasteiger partial charge on any atom is 0.121 e. The molecular formula is C17H21NO. The van der Waals surface area contributed by atoms with Crippen LogP contribution >= 0.6 is 0 Å². The fraction of sp³-hybridized carbons (Fsp3) is 0.294. The predicted molar refractivity (Wildman–Crippen MR) is 79.7 cm³/mol. The number of rotatable bonds is 3. The molecule has 0 spiro atoms. The lowest BCUT2D eigenvalue weighted by atomic mass is 9.92. The minimum absolute atomic E-state index is 0.0930. The number of hydrogen-bond acceptors (Lipinski definition) is 2. The van der Waals surface area contributed by atoms with E-state index in [9.17, 15) is 0 Å². The molecule has 2 aromatic carbocycles. The van der Waals surface area contributed by atoms with E-state index in [1.807, 2.05) is 19.1 Å². The Labute approximate surface area is 115 Å². The molecule has 0 saturated carbocycles. The number of methoxy groups -OCH3 is 1. The van der Waals surface area contributed by atoms with Crippen LogP contribution in [0.1, 0.15) is 33.9 Å². The Hall–Kier alpha value is -1.80. The fourth-order valence-corrected chi connectivity index (χ4v) is 2.39. The molecule has 0 bridgehead atoms. The van der Waals surface area contributed by atoms with Crippen LogP contribution in [0.2, 0.25) is 0 Å². The molecule has 2 nitrogen and oxygen atoms in total. The van der Waals surface area contributed by atoms with Crippen molar-refractivity contribution in [1.29, 1.82) is 0 Å². The van der Waals surface area contributed by atoms with Crippen molar-refractivity contribution < 1.29 is 4.74 Å². The first-order valence-electron chi connectivity index (χ1n) is 6.51. The summed E-state index contributed by atoms with van der Waals surface area (Å²) in [5, 5.41) is 0. The van der Waals surface area contributed by atoms with Crippen molar-refractivity contribution in [3.05, 3.63) is 64.2 Å². The quantitative estimate of drug-likeness (QED) is 0.908. The Morgan fingerprint density at radius 3 is 2.37 bits per heavy atom. The van der Waals surface area contributed by atoms with Crippen LogP contribution in [-0.2, 0) is 0 Å². The third-order valence-electron chi connectivity index (χ3n) is 3.76. The molecule has 0 amide bonds. The van der Waals surface area contributed by atoms with Crippen molar-refractivity contribution in [2.75, 3.05) is 7.11 Å². The Morgan fingerprint density at radius 1 is 1.00 bits per heavy atom. The smallest absolute Gasteiger partial charge is 0.121 e. The van der Waals surface area contributed by atoms with Crippen molar-refractivity contribution in [3.63, 3.8) is 0 Å². The number of hydrogen-bond donors (Lipinski definition) is 1. The van der Waals surface area contributed by atoms with Crippen molar-refractivity contribution >= 4 is 0 Å². The lowest BCUT2D eigenvalue weighted by Crippen LogP contribution is -2.14. The molecule has 0 fully saturated rings. The second-order valence-corrected chi connectivity index (χ2v) is 5.00. The second kappa shape index (κ2) is 5.45. The molecular weight excluding hydrogens is 234 g/mol. The van der Waals surface area contributed by atoms with Crippen LogP contribution in [-0.4, -0.2) is 7.11 Å². The maximum absolute atomic E-state index is 6.41. The maximum atomic E-state index is 6.41. The van der Waals surface area contributed by atoms with E-state index in [2.05, 4.69) is 38.1 Å². The van der Waals surface area contributed by atoms with Gasteiger partial charge in [-0.25, -0.2) is 0 Å². The average Bonchev–Trinajstić information content (AvgIpc) is 2.41. The van der Waals surface area contributed by atoms with Gasteiger partial charge in [0.25, 0.3) is 0 Å². The third kappa shape index (κ3) is 2.64. The van der Waals surface area contributed by atoms with Gasteiger partial charge < -0.3 is 10.5 Å². The molecule has 100 valence electrons. The SMILES string of the molecule is COc1ccc(C(N)c2cccc(C)c2C)cc1C. The molecule has 1 atom stereocenters. The number of aryl methyl sites for hydroxylation is 2. The van der Waals surface area contributed by atoms with Gasteiger partial charge in [-0.05, 0) is 54.7 Å². The molecule has 0 heterocycles. The Morgan fingerprint density at radius 2 is 1.74 bits per heavy atom. The summed E-state index contributed by atoms with van der Waals surface area (Å²) in [6.45, 7) is 6.28. The zero-order valence-electron chi connectivity index (χ0n) is 12.0. The summed E-state index contributed by atoms with van der Waals surface area (Å²) in [6.07, 6.45) is 0. The predicted octanol–water partition coefficient (Wildman–Crippen LogP) is 3.67. The van der Waals surface area contributed by atoms with Gasteiger partial charge >= 0.3 is 0 Å². The molecule has 19 heavy (non-hydrogen) atoms. The van der Waals surface area contributed by atoms with Crippen molar-refractivity contribution in [2.24, 2.45) is 5.73 Å². The van der Waals surface area contributed by atoms with Gasteiger partial charge in [0.1, 0.15) is 5.75 Å². The highest BCUT2D eigenvalue weighted by Crippen LogP contribution is 2.27. The molecule has 0 aliphatic carbocycles. The van der Waals surface area contributed by atoms with Gasteiger partial charge in [0.15, 0.2) is 0 Å². The molecule has 0 radical (unpaired) electrons. The van der Waals surface area contributed by atoms with Crippen LogP contribution in [0.5, 0.6) is 5.75 Å². The molecule has 2 rings (SSSR count). The van der Waals surface area contributed by atoms with E-state index in [1.54, 1.807) is 7.11 Å². The molecule has 1 unspecified atom stereocenters. The molecule has 0 aliphatic rings. The van der Waals surface area contributed by atoms with Crippen molar-refractivity contribution in [3.8, 4) is 5.75 Å². The summed E-state index contributed by atoms with van der Waals surface area (Å²) in [7, 11) is 1.69. The van der Waals surface area contributed by atoms with Crippen LogP contribution in [0.15, 0.2) is 36.4 Å². The van der Waals surface area contributed by atoms with Crippen LogP contribution in [0.4, 0.5) is 0 Å². The Kier molecular flexibility index (Phi) is 3.91. The van der Waals surface area contributed by atoms with E-state index in [0.717, 1.165) is 16.9 Å². The summed E-state index contributed by atoms with van der Waals surface area (Å²) >= 11 is 0. The minimum Gasteiger partial charge on any atom is -0.496 e. The normalized spacial score (nSPS) is 12.3. The highest BCUT2D eigenvalue weighted by molar-refractivity contribution is 5.44. The zero-order chi connectivity index (χ0) is 14.0. The highest BCUT2D eigenvalue weighted by Gasteiger charge is 2.13. The molecule has 2 aromatic rings. The van der Waals surface area contributed by atoms with Gasteiger partial charge in [0, 0.05) is 0 Å². The largest absolute Gasteiger partial charge is 0.496 e. The van der Waals surface area contributed by atoms with Crippen molar-refractivity contribution in [1.82, 2.24) is 0 Å². The van der Waals surface area contributed by atoms with Gasteiger partial charge in [-0.1, -0.05) is 30.3 Å². The second-order valence-electron chi connectivity index (χ2n) is 5.00. The molecule has 2 heteroatoms. The number of ether oxygens (including phenoxy) is 1. The van der Waals surface area contributed by atoms with E-state index in [0.29, 0.717) is 0 Å². The van der Waals surface area contributed by atoms with Gasteiger partial charge in [-0.3, -0.25) is 0 Å². The fourth-order valence-electron chi connectivity index (χ4n) is 2.39. The minimum atomic E-state index is -0.0930. The molecule has 0 aliphatic heterocycles. The van der Waals surface area contributed by atoms with Crippen LogP contribution in [0, 0.1) is 20.8 Å². The van der Waals surface area contributed by atoms with Gasteiger partial charge in [-0.15, -0.1) is 0 Å². The molecule has 0 saturated heterocycles. The van der Waals surface area contributed by atoms with Crippen LogP contribution in [0.25, 0.3) is 0 Å². The van der Waals surface area contributed by atoms with E-state index in [-0.39, 0.29) is 6.04 Å². The summed E-state index contributed by atoms with van der Waals surface area (Å²) in [5.41, 5.74) is 12.4. The molecule has 0 aromatic heterocycles. The van der Waals surface area contributed by atoms with Crippen molar-refractivity contribution in [2.45, 2.75) is 26.8 Å². The van der Waals surface area contributed by atoms with E-state index in [1.165, 1.54) is 16.7 Å². The van der Waals surface area contributed by atoms with Crippen LogP contribution in [0.3, 0.4) is 0 Å². The number of nitrogens with two attached hydrogens (primary N) is 1. The highest BCUT2D eigenvalue weighted by atomic mass is 16.5. The third-order valence-corrected chi connectivity index (χ3v) is 3.76. The van der Waals surface area contributed by atoms with Gasteiger partial charge in [0.2, 0.25) is 0 Å². The Bertz CT molecular complexity index is 590. The summed E-state index contributed by atoms with van der Waals surface area (Å²) in [6, 6.07) is 12.3. The average molecular weight is 255 g/mol. The first-order valence-corrected chi connectivity index (χ1v) is 6.51. The molecule has 2 N–H and O–H groups in total. The first-order chi connectivity index (χ1) is 9.04. The summed E-state index contributed by atoms with van der Waals surface area (Å²) in [4.78, 5) is 0. The lowest BCUT2D eigenvalue weighted by molar-refractivity contribution is 0.411.